The van der Waals surface area contributed by atoms with E-state index in [1.54, 1.807) is 0 Å². The van der Waals surface area contributed by atoms with Crippen LogP contribution >= 0.6 is 23.1 Å². The second-order valence-electron chi connectivity index (χ2n) is 6.07. The Morgan fingerprint density at radius 2 is 2.04 bits per heavy atom. The zero-order chi connectivity index (χ0) is 17.1. The Morgan fingerprint density at radius 3 is 2.70 bits per heavy atom. The topological polar surface area (TPSA) is 74.8 Å². The molecule has 5 nitrogen and oxygen atoms in total. The molecule has 0 aromatic carbocycles. The number of hydrogen-bond donors (Lipinski definition) is 2. The standard InChI is InChI=1S/C16H23N3O2S2/c1-8(2)6-17-14(20)11(5)22-7-12-18-15(21)13-9(3)10(4)23-16(13)19-12/h8,11H,6-7H2,1-5H3,(H,17,20)(H,18,19,21). The predicted molar refractivity (Wildman–Crippen MR) is 98.3 cm³/mol. The number of thioether (sulfide) groups is 1. The van der Waals surface area contributed by atoms with E-state index in [-0.39, 0.29) is 16.7 Å². The molecule has 0 saturated carbocycles. The molecule has 0 radical (unpaired) electrons. The Hall–Kier alpha value is -1.34. The maximum atomic E-state index is 12.2. The predicted octanol–water partition coefficient (Wildman–Crippen LogP) is 3.00. The summed E-state index contributed by atoms with van der Waals surface area (Å²) in [5, 5.41) is 3.43. The van der Waals surface area contributed by atoms with Crippen molar-refractivity contribution < 1.29 is 4.79 Å². The van der Waals surface area contributed by atoms with Crippen LogP contribution in [0.2, 0.25) is 0 Å². The summed E-state index contributed by atoms with van der Waals surface area (Å²) in [6, 6.07) is 0. The highest BCUT2D eigenvalue weighted by Crippen LogP contribution is 2.26. The molecule has 1 atom stereocenters. The highest BCUT2D eigenvalue weighted by molar-refractivity contribution is 7.99. The molecule has 2 aromatic heterocycles. The second-order valence-corrected chi connectivity index (χ2v) is 8.60. The lowest BCUT2D eigenvalue weighted by molar-refractivity contribution is -0.120. The first-order chi connectivity index (χ1) is 10.8. The number of fused-ring (bicyclic) bond motifs is 1. The number of hydrogen-bond acceptors (Lipinski definition) is 5. The van der Waals surface area contributed by atoms with Crippen LogP contribution in [-0.4, -0.2) is 27.7 Å². The summed E-state index contributed by atoms with van der Waals surface area (Å²) in [5.41, 5.74) is 0.906. The molecule has 0 aliphatic heterocycles. The SMILES string of the molecule is Cc1sc2nc(CSC(C)C(=O)NCC(C)C)[nH]c(=O)c2c1C. The number of thiophene rings is 1. The van der Waals surface area contributed by atoms with Crippen LogP contribution < -0.4 is 10.9 Å². The Labute approximate surface area is 144 Å². The van der Waals surface area contributed by atoms with Crippen LogP contribution in [0.5, 0.6) is 0 Å². The summed E-state index contributed by atoms with van der Waals surface area (Å²) in [6.45, 7) is 10.6. The second kappa shape index (κ2) is 7.49. The van der Waals surface area contributed by atoms with Crippen LogP contribution in [0.15, 0.2) is 4.79 Å². The van der Waals surface area contributed by atoms with Crippen molar-refractivity contribution in [2.45, 2.75) is 45.6 Å². The van der Waals surface area contributed by atoms with Crippen molar-refractivity contribution in [3.8, 4) is 0 Å². The molecule has 0 aliphatic rings. The maximum Gasteiger partial charge on any atom is 0.259 e. The van der Waals surface area contributed by atoms with Gasteiger partial charge in [-0.1, -0.05) is 13.8 Å². The molecule has 2 heterocycles. The maximum absolute atomic E-state index is 12.2. The number of H-pyrrole nitrogens is 1. The number of carbonyl (C=O) groups excluding carboxylic acids is 1. The summed E-state index contributed by atoms with van der Waals surface area (Å²) < 4.78 is 0. The van der Waals surface area contributed by atoms with Crippen LogP contribution in [0.4, 0.5) is 0 Å². The van der Waals surface area contributed by atoms with Gasteiger partial charge in [-0.25, -0.2) is 4.98 Å². The van der Waals surface area contributed by atoms with Gasteiger partial charge in [0, 0.05) is 11.4 Å². The first-order valence-electron chi connectivity index (χ1n) is 7.67. The molecular weight excluding hydrogens is 330 g/mol. The molecule has 7 heteroatoms. The third kappa shape index (κ3) is 4.35. The largest absolute Gasteiger partial charge is 0.355 e. The molecule has 2 rings (SSSR count). The van der Waals surface area contributed by atoms with Gasteiger partial charge in [0.1, 0.15) is 10.7 Å². The fraction of sp³-hybridized carbons (Fsp3) is 0.562. The summed E-state index contributed by atoms with van der Waals surface area (Å²) in [6.07, 6.45) is 0. The molecule has 23 heavy (non-hydrogen) atoms. The van der Waals surface area contributed by atoms with E-state index in [9.17, 15) is 9.59 Å². The minimum absolute atomic E-state index is 0.0231. The molecule has 0 spiro atoms. The summed E-state index contributed by atoms with van der Waals surface area (Å²) in [7, 11) is 0. The lowest BCUT2D eigenvalue weighted by atomic mass is 10.2. The van der Waals surface area contributed by atoms with Crippen LogP contribution in [0.3, 0.4) is 0 Å². The summed E-state index contributed by atoms with van der Waals surface area (Å²) in [4.78, 5) is 33.4. The smallest absolute Gasteiger partial charge is 0.259 e. The van der Waals surface area contributed by atoms with E-state index < -0.39 is 0 Å². The van der Waals surface area contributed by atoms with Crippen molar-refractivity contribution in [2.75, 3.05) is 6.54 Å². The number of nitrogens with zero attached hydrogens (tertiary/aromatic N) is 1. The van der Waals surface area contributed by atoms with Gasteiger partial charge in [-0.3, -0.25) is 9.59 Å². The van der Waals surface area contributed by atoms with Crippen molar-refractivity contribution in [3.63, 3.8) is 0 Å². The normalized spacial score (nSPS) is 12.8. The molecule has 0 aliphatic carbocycles. The lowest BCUT2D eigenvalue weighted by Gasteiger charge is -2.13. The molecule has 126 valence electrons. The van der Waals surface area contributed by atoms with Gasteiger partial charge in [0.25, 0.3) is 5.56 Å². The van der Waals surface area contributed by atoms with Gasteiger partial charge >= 0.3 is 0 Å². The Morgan fingerprint density at radius 1 is 1.35 bits per heavy atom. The monoisotopic (exact) mass is 353 g/mol. The molecule has 0 saturated heterocycles. The number of aromatic amines is 1. The minimum atomic E-state index is -0.179. The zero-order valence-corrected chi connectivity index (χ0v) is 15.8. The van der Waals surface area contributed by atoms with Crippen LogP contribution in [0, 0.1) is 19.8 Å². The molecule has 0 bridgehead atoms. The molecular formula is C16H23N3O2S2. The Bertz CT molecular complexity index is 765. The Balaban J connectivity index is 2.05. The van der Waals surface area contributed by atoms with Crippen LogP contribution in [0.1, 0.15) is 37.0 Å². The van der Waals surface area contributed by atoms with Crippen molar-refractivity contribution in [1.82, 2.24) is 15.3 Å². The third-order valence-corrected chi connectivity index (χ3v) is 5.87. The number of aryl methyl sites for hydroxylation is 2. The fourth-order valence-corrected chi connectivity index (χ4v) is 3.92. The average molecular weight is 354 g/mol. The van der Waals surface area contributed by atoms with E-state index >= 15 is 0 Å². The van der Waals surface area contributed by atoms with E-state index in [0.29, 0.717) is 29.4 Å². The van der Waals surface area contributed by atoms with E-state index in [4.69, 9.17) is 0 Å². The van der Waals surface area contributed by atoms with Crippen molar-refractivity contribution in [2.24, 2.45) is 5.92 Å². The van der Waals surface area contributed by atoms with Gasteiger partial charge in [0.05, 0.1) is 16.4 Å². The van der Waals surface area contributed by atoms with Gasteiger partial charge in [0.15, 0.2) is 0 Å². The van der Waals surface area contributed by atoms with Crippen molar-refractivity contribution in [1.29, 1.82) is 0 Å². The van der Waals surface area contributed by atoms with Gasteiger partial charge < -0.3 is 10.3 Å². The van der Waals surface area contributed by atoms with Crippen molar-refractivity contribution in [3.05, 3.63) is 26.6 Å². The minimum Gasteiger partial charge on any atom is -0.355 e. The summed E-state index contributed by atoms with van der Waals surface area (Å²) >= 11 is 3.02. The van der Waals surface area contributed by atoms with Crippen molar-refractivity contribution >= 4 is 39.2 Å². The Kier molecular flexibility index (Phi) is 5.86. The molecule has 1 amide bonds. The molecule has 2 aromatic rings. The average Bonchev–Trinajstić information content (AvgIpc) is 2.77. The highest BCUT2D eigenvalue weighted by atomic mass is 32.2. The number of carbonyl (C=O) groups is 1. The first kappa shape index (κ1) is 18.0. The quantitative estimate of drug-likeness (QED) is 0.837. The highest BCUT2D eigenvalue weighted by Gasteiger charge is 2.16. The van der Waals surface area contributed by atoms with Gasteiger partial charge in [-0.05, 0) is 32.3 Å². The number of aromatic nitrogens is 2. The van der Waals surface area contributed by atoms with E-state index in [1.165, 1.54) is 23.1 Å². The number of rotatable bonds is 6. The lowest BCUT2D eigenvalue weighted by Crippen LogP contribution is -2.33. The number of amides is 1. The van der Waals surface area contributed by atoms with Crippen LogP contribution in [0.25, 0.3) is 10.2 Å². The van der Waals surface area contributed by atoms with Gasteiger partial charge in [-0.15, -0.1) is 23.1 Å². The van der Waals surface area contributed by atoms with Gasteiger partial charge in [-0.2, -0.15) is 0 Å². The number of nitrogens with one attached hydrogen (secondary N) is 2. The first-order valence-corrected chi connectivity index (χ1v) is 9.54. The van der Waals surface area contributed by atoms with Gasteiger partial charge in [0.2, 0.25) is 5.91 Å². The third-order valence-electron chi connectivity index (χ3n) is 3.61. The molecule has 0 fully saturated rings. The fourth-order valence-electron chi connectivity index (χ4n) is 2.10. The van der Waals surface area contributed by atoms with E-state index in [2.05, 4.69) is 29.1 Å². The van der Waals surface area contributed by atoms with E-state index in [0.717, 1.165) is 15.3 Å². The van der Waals surface area contributed by atoms with E-state index in [1.807, 2.05) is 20.8 Å². The zero-order valence-electron chi connectivity index (χ0n) is 14.1. The molecule has 2 N–H and O–H groups in total. The summed E-state index contributed by atoms with van der Waals surface area (Å²) in [5.74, 6) is 1.59. The van der Waals surface area contributed by atoms with Crippen LogP contribution in [-0.2, 0) is 10.5 Å². The molecule has 1 unspecified atom stereocenters.